The van der Waals surface area contributed by atoms with Crippen LogP contribution in [0.15, 0.2) is 23.2 Å². The second-order valence-corrected chi connectivity index (χ2v) is 7.55. The van der Waals surface area contributed by atoms with Crippen molar-refractivity contribution in [3.8, 4) is 0 Å². The molecular weight excluding hydrogens is 286 g/mol. The van der Waals surface area contributed by atoms with E-state index < -0.39 is 10.0 Å². The molecule has 0 spiro atoms. The molecule has 1 heterocycles. The number of rotatable bonds is 6. The van der Waals surface area contributed by atoms with Gasteiger partial charge in [0.15, 0.2) is 0 Å². The van der Waals surface area contributed by atoms with Crippen molar-refractivity contribution in [1.82, 2.24) is 9.71 Å². The smallest absolute Gasteiger partial charge is 0.244 e. The first-order valence-corrected chi connectivity index (χ1v) is 9.22. The van der Waals surface area contributed by atoms with Gasteiger partial charge in [0, 0.05) is 18.8 Å². The summed E-state index contributed by atoms with van der Waals surface area (Å²) in [7, 11) is -3.52. The Morgan fingerprint density at radius 3 is 2.90 bits per heavy atom. The summed E-state index contributed by atoms with van der Waals surface area (Å²) >= 11 is 0. The third-order valence-corrected chi connectivity index (χ3v) is 5.41. The van der Waals surface area contributed by atoms with E-state index in [4.69, 9.17) is 0 Å². The molecule has 2 rings (SSSR count). The molecule has 1 aromatic rings. The van der Waals surface area contributed by atoms with Gasteiger partial charge in [0.05, 0.1) is 0 Å². The fourth-order valence-electron chi connectivity index (χ4n) is 2.81. The predicted molar refractivity (Wildman–Crippen MR) is 84.8 cm³/mol. The van der Waals surface area contributed by atoms with E-state index in [0.29, 0.717) is 18.3 Å². The second kappa shape index (κ2) is 7.22. The minimum Gasteiger partial charge on any atom is -0.369 e. The average Bonchev–Trinajstić information content (AvgIpc) is 2.45. The van der Waals surface area contributed by atoms with E-state index in [1.807, 2.05) is 6.92 Å². The van der Waals surface area contributed by atoms with Gasteiger partial charge >= 0.3 is 0 Å². The molecule has 1 aliphatic rings. The number of nitrogens with zero attached hydrogens (tertiary/aromatic N) is 1. The quantitative estimate of drug-likeness (QED) is 0.847. The summed E-state index contributed by atoms with van der Waals surface area (Å²) in [5.74, 6) is 1.02. The molecule has 21 heavy (non-hydrogen) atoms. The van der Waals surface area contributed by atoms with Crippen LogP contribution in [0.3, 0.4) is 0 Å². The first-order valence-electron chi connectivity index (χ1n) is 7.74. The highest BCUT2D eigenvalue weighted by atomic mass is 32.2. The number of anilines is 1. The van der Waals surface area contributed by atoms with Crippen LogP contribution in [-0.4, -0.2) is 26.0 Å². The van der Waals surface area contributed by atoms with E-state index in [-0.39, 0.29) is 10.9 Å². The largest absolute Gasteiger partial charge is 0.369 e. The summed E-state index contributed by atoms with van der Waals surface area (Å²) in [5.41, 5.74) is 0. The Morgan fingerprint density at radius 2 is 2.19 bits per heavy atom. The Bertz CT molecular complexity index is 560. The number of aromatic nitrogens is 1. The monoisotopic (exact) mass is 311 g/mol. The van der Waals surface area contributed by atoms with Gasteiger partial charge in [-0.3, -0.25) is 0 Å². The molecule has 0 amide bonds. The van der Waals surface area contributed by atoms with Crippen LogP contribution in [0.25, 0.3) is 0 Å². The highest BCUT2D eigenvalue weighted by molar-refractivity contribution is 7.89. The molecule has 2 N–H and O–H groups in total. The van der Waals surface area contributed by atoms with E-state index >= 15 is 0 Å². The Kier molecular flexibility index (Phi) is 5.58. The van der Waals surface area contributed by atoms with Gasteiger partial charge in [-0.1, -0.05) is 26.7 Å². The zero-order valence-corrected chi connectivity index (χ0v) is 13.6. The number of sulfonamides is 1. The van der Waals surface area contributed by atoms with Crippen LogP contribution in [-0.2, 0) is 10.0 Å². The number of pyridine rings is 1. The highest BCUT2D eigenvalue weighted by Crippen LogP contribution is 2.26. The van der Waals surface area contributed by atoms with Crippen molar-refractivity contribution in [3.63, 3.8) is 0 Å². The molecule has 1 fully saturated rings. The lowest BCUT2D eigenvalue weighted by atomic mass is 9.88. The number of hydrogen-bond donors (Lipinski definition) is 2. The molecular formula is C15H25N3O2S. The van der Waals surface area contributed by atoms with Gasteiger partial charge in [-0.15, -0.1) is 0 Å². The minimum atomic E-state index is -3.52. The van der Waals surface area contributed by atoms with Crippen molar-refractivity contribution >= 4 is 15.8 Å². The summed E-state index contributed by atoms with van der Waals surface area (Å²) in [6.45, 7) is 4.92. The van der Waals surface area contributed by atoms with Gasteiger partial charge in [0.25, 0.3) is 0 Å². The van der Waals surface area contributed by atoms with Crippen molar-refractivity contribution in [3.05, 3.63) is 18.3 Å². The molecule has 2 atom stereocenters. The fraction of sp³-hybridized carbons (Fsp3) is 0.667. The van der Waals surface area contributed by atoms with Crippen LogP contribution in [0.5, 0.6) is 0 Å². The molecule has 2 unspecified atom stereocenters. The molecule has 118 valence electrons. The van der Waals surface area contributed by atoms with Crippen LogP contribution in [0.4, 0.5) is 5.82 Å². The van der Waals surface area contributed by atoms with Gasteiger partial charge in [-0.25, -0.2) is 18.1 Å². The summed E-state index contributed by atoms with van der Waals surface area (Å²) < 4.78 is 28.1. The average molecular weight is 311 g/mol. The molecule has 0 radical (unpaired) electrons. The van der Waals surface area contributed by atoms with E-state index in [9.17, 15) is 8.42 Å². The van der Waals surface area contributed by atoms with Crippen LogP contribution in [0.2, 0.25) is 0 Å². The Hall–Kier alpha value is -1.14. The number of nitrogens with one attached hydrogen (secondary N) is 2. The topological polar surface area (TPSA) is 71.1 Å². The van der Waals surface area contributed by atoms with Crippen molar-refractivity contribution in [1.29, 1.82) is 0 Å². The molecule has 1 aliphatic carbocycles. The Labute approximate surface area is 127 Å². The molecule has 1 aromatic heterocycles. The molecule has 0 saturated heterocycles. The third kappa shape index (κ3) is 4.41. The first kappa shape index (κ1) is 16.2. The van der Waals surface area contributed by atoms with Crippen molar-refractivity contribution in [2.45, 2.75) is 56.9 Å². The number of hydrogen-bond acceptors (Lipinski definition) is 4. The minimum absolute atomic E-state index is 0.0398. The summed E-state index contributed by atoms with van der Waals surface area (Å²) in [5, 5.41) is 3.08. The van der Waals surface area contributed by atoms with Gasteiger partial charge in [0.1, 0.15) is 10.7 Å². The van der Waals surface area contributed by atoms with E-state index in [0.717, 1.165) is 25.7 Å². The maximum absolute atomic E-state index is 12.6. The SMILES string of the molecule is CCCNc1ncccc1S(=O)(=O)NC1CCCC(C)C1. The van der Waals surface area contributed by atoms with E-state index in [2.05, 4.69) is 21.9 Å². The summed E-state index contributed by atoms with van der Waals surface area (Å²) in [4.78, 5) is 4.41. The second-order valence-electron chi connectivity index (χ2n) is 5.87. The van der Waals surface area contributed by atoms with Gasteiger partial charge < -0.3 is 5.32 Å². The van der Waals surface area contributed by atoms with E-state index in [1.165, 1.54) is 6.42 Å². The van der Waals surface area contributed by atoms with Gasteiger partial charge in [-0.05, 0) is 37.3 Å². The Morgan fingerprint density at radius 1 is 1.38 bits per heavy atom. The van der Waals surface area contributed by atoms with Gasteiger partial charge in [0.2, 0.25) is 10.0 Å². The third-order valence-electron chi connectivity index (χ3n) is 3.86. The maximum Gasteiger partial charge on any atom is 0.244 e. The lowest BCUT2D eigenvalue weighted by Crippen LogP contribution is -2.38. The molecule has 6 heteroatoms. The lowest BCUT2D eigenvalue weighted by molar-refractivity contribution is 0.327. The van der Waals surface area contributed by atoms with Crippen LogP contribution in [0.1, 0.15) is 46.0 Å². The lowest BCUT2D eigenvalue weighted by Gasteiger charge is -2.27. The molecule has 0 aromatic carbocycles. The molecule has 0 aliphatic heterocycles. The van der Waals surface area contributed by atoms with Crippen molar-refractivity contribution in [2.75, 3.05) is 11.9 Å². The van der Waals surface area contributed by atoms with Crippen LogP contribution in [0, 0.1) is 5.92 Å². The molecule has 1 saturated carbocycles. The van der Waals surface area contributed by atoms with Crippen molar-refractivity contribution in [2.24, 2.45) is 5.92 Å². The van der Waals surface area contributed by atoms with E-state index in [1.54, 1.807) is 18.3 Å². The summed E-state index contributed by atoms with van der Waals surface area (Å²) in [6, 6.07) is 3.31. The standard InChI is InChI=1S/C15H25N3O2S/c1-3-9-16-15-14(8-5-10-17-15)21(19,20)18-13-7-4-6-12(2)11-13/h5,8,10,12-13,18H,3-4,6-7,9,11H2,1-2H3,(H,16,17). The van der Waals surface area contributed by atoms with Crippen LogP contribution < -0.4 is 10.0 Å². The highest BCUT2D eigenvalue weighted by Gasteiger charge is 2.26. The summed E-state index contributed by atoms with van der Waals surface area (Å²) in [6.07, 6.45) is 6.64. The molecule has 5 nitrogen and oxygen atoms in total. The zero-order valence-electron chi connectivity index (χ0n) is 12.8. The molecule has 0 bridgehead atoms. The first-order chi connectivity index (χ1) is 10.0. The zero-order chi connectivity index (χ0) is 15.3. The fourth-order valence-corrected chi connectivity index (χ4v) is 4.22. The van der Waals surface area contributed by atoms with Crippen LogP contribution >= 0.6 is 0 Å². The van der Waals surface area contributed by atoms with Gasteiger partial charge in [-0.2, -0.15) is 0 Å². The maximum atomic E-state index is 12.6. The van der Waals surface area contributed by atoms with Crippen molar-refractivity contribution < 1.29 is 8.42 Å². The Balaban J connectivity index is 2.15. The normalized spacial score (nSPS) is 23.0. The predicted octanol–water partition coefficient (Wildman–Crippen LogP) is 2.76.